The quantitative estimate of drug-likeness (QED) is 0.308. The summed E-state index contributed by atoms with van der Waals surface area (Å²) in [6, 6.07) is 5.89. The molecule has 0 saturated heterocycles. The van der Waals surface area contributed by atoms with Crippen LogP contribution in [-0.2, 0) is 19.5 Å². The Labute approximate surface area is 154 Å². The number of anilines is 1. The fraction of sp³-hybridized carbons (Fsp3) is 0.412. The number of hydrogen-bond acceptors (Lipinski definition) is 7. The van der Waals surface area contributed by atoms with E-state index in [1.807, 2.05) is 6.92 Å². The summed E-state index contributed by atoms with van der Waals surface area (Å²) in [5, 5.41) is 13.4. The van der Waals surface area contributed by atoms with E-state index >= 15 is 0 Å². The lowest BCUT2D eigenvalue weighted by atomic mass is 10.1. The van der Waals surface area contributed by atoms with Crippen LogP contribution in [0.15, 0.2) is 39.0 Å². The van der Waals surface area contributed by atoms with Gasteiger partial charge in [-0.15, -0.1) is 4.91 Å². The molecular weight excluding hydrogens is 354 g/mol. The normalized spacial score (nSPS) is 10.7. The van der Waals surface area contributed by atoms with Crippen LogP contribution >= 0.6 is 0 Å². The minimum Gasteiger partial charge on any atom is -0.383 e. The Hall–Kier alpha value is -3.30. The van der Waals surface area contributed by atoms with E-state index in [0.29, 0.717) is 12.8 Å². The Morgan fingerprint density at radius 1 is 1.11 bits per heavy atom. The molecule has 2 aromatic rings. The highest BCUT2D eigenvalue weighted by Gasteiger charge is 2.17. The lowest BCUT2D eigenvalue weighted by molar-refractivity contribution is -0.384. The van der Waals surface area contributed by atoms with Crippen molar-refractivity contribution in [1.82, 2.24) is 9.13 Å². The molecule has 0 saturated carbocycles. The zero-order valence-electron chi connectivity index (χ0n) is 15.0. The van der Waals surface area contributed by atoms with Gasteiger partial charge in [0, 0.05) is 25.2 Å². The van der Waals surface area contributed by atoms with E-state index < -0.39 is 21.9 Å². The number of nitro benzene ring substituents is 1. The van der Waals surface area contributed by atoms with Crippen molar-refractivity contribution in [3.8, 4) is 0 Å². The molecule has 27 heavy (non-hydrogen) atoms. The van der Waals surface area contributed by atoms with Crippen LogP contribution in [0.1, 0.15) is 31.7 Å². The van der Waals surface area contributed by atoms with Crippen LogP contribution in [0.5, 0.6) is 0 Å². The summed E-state index contributed by atoms with van der Waals surface area (Å²) in [5.74, 6) is -0.270. The summed E-state index contributed by atoms with van der Waals surface area (Å²) in [6.07, 6.45) is 2.71. The van der Waals surface area contributed by atoms with Crippen LogP contribution in [0, 0.1) is 15.0 Å². The molecule has 1 aromatic heterocycles. The molecule has 2 rings (SSSR count). The summed E-state index contributed by atoms with van der Waals surface area (Å²) in [5.41, 5.74) is 4.67. The minimum atomic E-state index is -0.782. The molecular formula is C17H21N5O5. The molecule has 2 N–H and O–H groups in total. The van der Waals surface area contributed by atoms with Gasteiger partial charge in [0.15, 0.2) is 0 Å². The molecule has 0 aliphatic rings. The molecule has 1 heterocycles. The van der Waals surface area contributed by atoms with Gasteiger partial charge in [0.1, 0.15) is 5.82 Å². The van der Waals surface area contributed by atoms with E-state index in [0.717, 1.165) is 27.5 Å². The summed E-state index contributed by atoms with van der Waals surface area (Å²) < 4.78 is 2.13. The van der Waals surface area contributed by atoms with E-state index in [1.165, 1.54) is 12.1 Å². The Morgan fingerprint density at radius 3 is 2.33 bits per heavy atom. The van der Waals surface area contributed by atoms with Crippen molar-refractivity contribution in [2.45, 2.75) is 45.7 Å². The topological polar surface area (TPSA) is 143 Å². The Kier molecular flexibility index (Phi) is 6.58. The SMILES string of the molecule is CCCCCn1c(=O)c(N=O)c(N)n(CCc2ccc([N+](=O)[O-])cc2)c1=O. The predicted molar refractivity (Wildman–Crippen MR) is 101 cm³/mol. The fourth-order valence-corrected chi connectivity index (χ4v) is 2.75. The molecule has 0 amide bonds. The predicted octanol–water partition coefficient (Wildman–Crippen LogP) is 2.33. The molecule has 0 unspecified atom stereocenters. The lowest BCUT2D eigenvalue weighted by Gasteiger charge is -2.14. The van der Waals surface area contributed by atoms with E-state index in [9.17, 15) is 24.6 Å². The maximum absolute atomic E-state index is 12.7. The highest BCUT2D eigenvalue weighted by molar-refractivity contribution is 5.55. The Morgan fingerprint density at radius 2 is 1.78 bits per heavy atom. The number of hydrogen-bond donors (Lipinski definition) is 1. The molecule has 0 bridgehead atoms. The largest absolute Gasteiger partial charge is 0.383 e. The van der Waals surface area contributed by atoms with Gasteiger partial charge in [-0.2, -0.15) is 0 Å². The molecule has 0 fully saturated rings. The number of rotatable bonds is 9. The smallest absolute Gasteiger partial charge is 0.332 e. The summed E-state index contributed by atoms with van der Waals surface area (Å²) in [6.45, 7) is 2.29. The van der Waals surface area contributed by atoms with E-state index in [4.69, 9.17) is 5.73 Å². The van der Waals surface area contributed by atoms with E-state index in [1.54, 1.807) is 12.1 Å². The van der Waals surface area contributed by atoms with Gasteiger partial charge in [-0.1, -0.05) is 31.9 Å². The average molecular weight is 375 g/mol. The second-order valence-electron chi connectivity index (χ2n) is 6.10. The number of nitrogens with zero attached hydrogens (tertiary/aromatic N) is 4. The zero-order chi connectivity index (χ0) is 20.0. The molecule has 10 nitrogen and oxygen atoms in total. The summed E-state index contributed by atoms with van der Waals surface area (Å²) in [7, 11) is 0. The highest BCUT2D eigenvalue weighted by Crippen LogP contribution is 2.16. The zero-order valence-corrected chi connectivity index (χ0v) is 15.0. The van der Waals surface area contributed by atoms with Crippen molar-refractivity contribution < 1.29 is 4.92 Å². The first-order chi connectivity index (χ1) is 12.9. The molecule has 0 spiro atoms. The first-order valence-corrected chi connectivity index (χ1v) is 8.60. The third-order valence-corrected chi connectivity index (χ3v) is 4.29. The molecule has 0 aliphatic heterocycles. The van der Waals surface area contributed by atoms with E-state index in [2.05, 4.69) is 5.18 Å². The number of nitrogens with two attached hydrogens (primary N) is 1. The number of benzene rings is 1. The lowest BCUT2D eigenvalue weighted by Crippen LogP contribution is -2.41. The van der Waals surface area contributed by atoms with Crippen molar-refractivity contribution in [2.75, 3.05) is 5.73 Å². The van der Waals surface area contributed by atoms with Crippen molar-refractivity contribution in [1.29, 1.82) is 0 Å². The van der Waals surface area contributed by atoms with Gasteiger partial charge in [-0.05, 0) is 23.6 Å². The van der Waals surface area contributed by atoms with Gasteiger partial charge in [0.25, 0.3) is 11.2 Å². The molecule has 0 aliphatic carbocycles. The van der Waals surface area contributed by atoms with Crippen LogP contribution in [0.4, 0.5) is 17.2 Å². The maximum Gasteiger partial charge on any atom is 0.332 e. The van der Waals surface area contributed by atoms with Crippen molar-refractivity contribution in [3.05, 3.63) is 65.7 Å². The monoisotopic (exact) mass is 375 g/mol. The molecule has 0 radical (unpaired) electrons. The number of nitro groups is 1. The molecule has 144 valence electrons. The first-order valence-electron chi connectivity index (χ1n) is 8.60. The van der Waals surface area contributed by atoms with Gasteiger partial charge in [-0.3, -0.25) is 24.0 Å². The number of nitroso groups, excluding NO2 is 1. The number of non-ortho nitro benzene ring substituents is 1. The minimum absolute atomic E-state index is 0.0349. The Bertz CT molecular complexity index is 946. The average Bonchev–Trinajstić information content (AvgIpc) is 2.65. The summed E-state index contributed by atoms with van der Waals surface area (Å²) >= 11 is 0. The van der Waals surface area contributed by atoms with Gasteiger partial charge in [0.2, 0.25) is 5.69 Å². The fourth-order valence-electron chi connectivity index (χ4n) is 2.75. The third kappa shape index (κ3) is 4.46. The maximum atomic E-state index is 12.7. The van der Waals surface area contributed by atoms with Crippen LogP contribution in [0.3, 0.4) is 0 Å². The van der Waals surface area contributed by atoms with Gasteiger partial charge >= 0.3 is 5.69 Å². The molecule has 1 aromatic carbocycles. The van der Waals surface area contributed by atoms with Gasteiger partial charge in [0.05, 0.1) is 4.92 Å². The number of aryl methyl sites for hydroxylation is 1. The van der Waals surface area contributed by atoms with Crippen LogP contribution in [-0.4, -0.2) is 14.1 Å². The van der Waals surface area contributed by atoms with Gasteiger partial charge in [-0.25, -0.2) is 4.79 Å². The van der Waals surface area contributed by atoms with Gasteiger partial charge < -0.3 is 5.73 Å². The number of nitrogen functional groups attached to an aromatic ring is 1. The highest BCUT2D eigenvalue weighted by atomic mass is 16.6. The number of aromatic nitrogens is 2. The second kappa shape index (κ2) is 8.88. The standard InChI is InChI=1S/C17H21N5O5/c1-2-3-4-10-21-16(23)14(19-25)15(18)20(17(21)24)11-9-12-5-7-13(8-6-12)22(26)27/h5-8H,2-4,9-11,18H2,1H3. The van der Waals surface area contributed by atoms with Crippen LogP contribution < -0.4 is 17.0 Å². The Balaban J connectivity index is 2.33. The van der Waals surface area contributed by atoms with E-state index in [-0.39, 0.29) is 24.6 Å². The first kappa shape index (κ1) is 20.0. The molecule has 10 heteroatoms. The van der Waals surface area contributed by atoms with Crippen LogP contribution in [0.2, 0.25) is 0 Å². The molecule has 0 atom stereocenters. The van der Waals surface area contributed by atoms with Crippen molar-refractivity contribution >= 4 is 17.2 Å². The van der Waals surface area contributed by atoms with Crippen molar-refractivity contribution in [2.24, 2.45) is 5.18 Å². The summed E-state index contributed by atoms with van der Waals surface area (Å²) in [4.78, 5) is 46.2. The van der Waals surface area contributed by atoms with Crippen molar-refractivity contribution in [3.63, 3.8) is 0 Å². The van der Waals surface area contributed by atoms with Crippen LogP contribution in [0.25, 0.3) is 0 Å². The second-order valence-corrected chi connectivity index (χ2v) is 6.10. The number of unbranched alkanes of at least 4 members (excludes halogenated alkanes) is 2. The third-order valence-electron chi connectivity index (χ3n) is 4.29.